The molecule has 2 aromatic heterocycles. The van der Waals surface area contributed by atoms with E-state index in [4.69, 9.17) is 15.9 Å². The molecule has 1 aromatic carbocycles. The quantitative estimate of drug-likeness (QED) is 0.557. The van der Waals surface area contributed by atoms with Gasteiger partial charge in [0.2, 0.25) is 11.8 Å². The van der Waals surface area contributed by atoms with Crippen LogP contribution in [0.15, 0.2) is 39.8 Å². The van der Waals surface area contributed by atoms with Gasteiger partial charge in [0, 0.05) is 18.2 Å². The number of amides is 1. The number of pyridine rings is 1. The van der Waals surface area contributed by atoms with Crippen molar-refractivity contribution in [1.82, 2.24) is 15.2 Å². The summed E-state index contributed by atoms with van der Waals surface area (Å²) >= 11 is 0. The first-order chi connectivity index (χ1) is 15.9. The second-order valence-electron chi connectivity index (χ2n) is 9.14. The highest BCUT2D eigenvalue weighted by Crippen LogP contribution is 2.37. The predicted octanol–water partition coefficient (Wildman–Crippen LogP) is 1.67. The number of nitrogens with two attached hydrogens (primary N) is 2. The zero-order valence-corrected chi connectivity index (χ0v) is 19.8. The minimum absolute atomic E-state index is 0.0206. The first-order valence-corrected chi connectivity index (χ1v) is 12.2. The number of carbonyl (C=O) groups excluding carboxylic acids is 1. The molecule has 4 N–H and O–H groups in total. The molecule has 3 aromatic rings. The summed E-state index contributed by atoms with van der Waals surface area (Å²) in [4.78, 5) is 18.2. The standard InChI is InChI=1S/C22H25FN6O4S/c1-22(2,3)21-28-27-19(33-21)14-6-17-18(7-15(14)23)34(31,32)11-16(25)20(30)29(17)10-12-4-5-13(8-24)26-9-12/h4-7,9,16H,8,10-11,24-25H2,1-3H3/t16-/m0/s1. The fourth-order valence-electron chi connectivity index (χ4n) is 3.53. The van der Waals surface area contributed by atoms with Crippen LogP contribution in [-0.2, 0) is 33.1 Å². The lowest BCUT2D eigenvalue weighted by Crippen LogP contribution is -2.45. The molecule has 180 valence electrons. The molecule has 10 nitrogen and oxygen atoms in total. The lowest BCUT2D eigenvalue weighted by atomic mass is 9.97. The molecule has 1 aliphatic rings. The number of halogens is 1. The molecule has 1 aliphatic heterocycles. The summed E-state index contributed by atoms with van der Waals surface area (Å²) in [6, 6.07) is 4.22. The van der Waals surface area contributed by atoms with Gasteiger partial charge in [-0.1, -0.05) is 26.8 Å². The van der Waals surface area contributed by atoms with Gasteiger partial charge in [0.1, 0.15) is 5.82 Å². The summed E-state index contributed by atoms with van der Waals surface area (Å²) in [6.45, 7) is 5.79. The van der Waals surface area contributed by atoms with Gasteiger partial charge < -0.3 is 20.8 Å². The molecular weight excluding hydrogens is 463 g/mol. The highest BCUT2D eigenvalue weighted by Gasteiger charge is 2.37. The van der Waals surface area contributed by atoms with Crippen LogP contribution in [0.1, 0.15) is 37.9 Å². The van der Waals surface area contributed by atoms with Crippen LogP contribution in [-0.4, -0.2) is 41.3 Å². The van der Waals surface area contributed by atoms with Gasteiger partial charge in [-0.15, -0.1) is 10.2 Å². The maximum Gasteiger partial charge on any atom is 0.250 e. The fraction of sp³-hybridized carbons (Fsp3) is 0.364. The van der Waals surface area contributed by atoms with Gasteiger partial charge >= 0.3 is 0 Å². The number of hydrogen-bond donors (Lipinski definition) is 2. The highest BCUT2D eigenvalue weighted by molar-refractivity contribution is 7.91. The molecule has 12 heteroatoms. The van der Waals surface area contributed by atoms with Crippen molar-refractivity contribution in [2.24, 2.45) is 11.5 Å². The third kappa shape index (κ3) is 4.43. The van der Waals surface area contributed by atoms with Crippen molar-refractivity contribution in [3.05, 3.63) is 53.4 Å². The molecule has 0 aliphatic carbocycles. The molecule has 0 spiro atoms. The van der Waals surface area contributed by atoms with E-state index in [-0.39, 0.29) is 41.0 Å². The number of anilines is 1. The minimum atomic E-state index is -4.06. The van der Waals surface area contributed by atoms with Gasteiger partial charge in [0.25, 0.3) is 5.89 Å². The van der Waals surface area contributed by atoms with E-state index in [0.717, 1.165) is 6.07 Å². The molecular formula is C22H25FN6O4S. The average molecular weight is 489 g/mol. The Labute approximate surface area is 196 Å². The van der Waals surface area contributed by atoms with E-state index < -0.39 is 38.8 Å². The molecule has 4 rings (SSSR count). The molecule has 1 amide bonds. The highest BCUT2D eigenvalue weighted by atomic mass is 32.2. The van der Waals surface area contributed by atoms with Crippen molar-refractivity contribution in [2.45, 2.75) is 50.2 Å². The van der Waals surface area contributed by atoms with Crippen molar-refractivity contribution >= 4 is 21.4 Å². The molecule has 0 radical (unpaired) electrons. The van der Waals surface area contributed by atoms with Crippen LogP contribution in [0.4, 0.5) is 10.1 Å². The van der Waals surface area contributed by atoms with Gasteiger partial charge in [-0.05, 0) is 23.8 Å². The maximum atomic E-state index is 15.1. The van der Waals surface area contributed by atoms with E-state index in [0.29, 0.717) is 11.3 Å². The van der Waals surface area contributed by atoms with Crippen molar-refractivity contribution in [2.75, 3.05) is 10.7 Å². The zero-order chi connectivity index (χ0) is 24.8. The van der Waals surface area contributed by atoms with E-state index in [1.807, 2.05) is 20.8 Å². The van der Waals surface area contributed by atoms with Crippen LogP contribution in [0, 0.1) is 5.82 Å². The molecule has 0 saturated carbocycles. The van der Waals surface area contributed by atoms with Crippen LogP contribution in [0.3, 0.4) is 0 Å². The van der Waals surface area contributed by atoms with Crippen LogP contribution in [0.2, 0.25) is 0 Å². The van der Waals surface area contributed by atoms with E-state index in [1.165, 1.54) is 17.2 Å². The second kappa shape index (κ2) is 8.53. The summed E-state index contributed by atoms with van der Waals surface area (Å²) in [5, 5.41) is 7.90. The lowest BCUT2D eigenvalue weighted by Gasteiger charge is -2.24. The Morgan fingerprint density at radius 2 is 1.97 bits per heavy atom. The molecule has 0 saturated heterocycles. The van der Waals surface area contributed by atoms with Crippen molar-refractivity contribution in [3.63, 3.8) is 0 Å². The van der Waals surface area contributed by atoms with Crippen LogP contribution in [0.25, 0.3) is 11.5 Å². The summed E-state index contributed by atoms with van der Waals surface area (Å²) in [6.07, 6.45) is 1.54. The number of carbonyl (C=O) groups is 1. The monoisotopic (exact) mass is 488 g/mol. The number of aromatic nitrogens is 3. The number of hydrogen-bond acceptors (Lipinski definition) is 9. The molecule has 1 atom stereocenters. The van der Waals surface area contributed by atoms with Gasteiger partial charge in [0.15, 0.2) is 9.84 Å². The number of benzene rings is 1. The third-order valence-electron chi connectivity index (χ3n) is 5.39. The second-order valence-corrected chi connectivity index (χ2v) is 11.1. The Morgan fingerprint density at radius 1 is 1.24 bits per heavy atom. The van der Waals surface area contributed by atoms with E-state index >= 15 is 4.39 Å². The molecule has 0 unspecified atom stereocenters. The smallest absolute Gasteiger partial charge is 0.250 e. The largest absolute Gasteiger partial charge is 0.420 e. The van der Waals surface area contributed by atoms with Gasteiger partial charge in [-0.2, -0.15) is 0 Å². The Hall–Kier alpha value is -3.22. The van der Waals surface area contributed by atoms with Crippen molar-refractivity contribution < 1.29 is 22.0 Å². The normalized spacial score (nSPS) is 18.0. The first kappa shape index (κ1) is 23.9. The van der Waals surface area contributed by atoms with Gasteiger partial charge in [-0.25, -0.2) is 12.8 Å². The zero-order valence-electron chi connectivity index (χ0n) is 18.9. The summed E-state index contributed by atoms with van der Waals surface area (Å²) < 4.78 is 46.7. The van der Waals surface area contributed by atoms with Crippen LogP contribution >= 0.6 is 0 Å². The maximum absolute atomic E-state index is 15.1. The predicted molar refractivity (Wildman–Crippen MR) is 122 cm³/mol. The Morgan fingerprint density at radius 3 is 2.56 bits per heavy atom. The van der Waals surface area contributed by atoms with Crippen LogP contribution < -0.4 is 16.4 Å². The Kier molecular flexibility index (Phi) is 6.00. The minimum Gasteiger partial charge on any atom is -0.420 e. The van der Waals surface area contributed by atoms with E-state index in [2.05, 4.69) is 15.2 Å². The Balaban J connectivity index is 1.87. The molecule has 34 heavy (non-hydrogen) atoms. The Bertz CT molecular complexity index is 1350. The van der Waals surface area contributed by atoms with Crippen LogP contribution in [0.5, 0.6) is 0 Å². The summed E-state index contributed by atoms with van der Waals surface area (Å²) in [5.41, 5.74) is 12.2. The molecule has 3 heterocycles. The van der Waals surface area contributed by atoms with E-state index in [1.54, 1.807) is 12.1 Å². The van der Waals surface area contributed by atoms with Crippen molar-refractivity contribution in [3.8, 4) is 11.5 Å². The summed E-state index contributed by atoms with van der Waals surface area (Å²) in [5.74, 6) is -1.98. The van der Waals surface area contributed by atoms with Gasteiger partial charge in [0.05, 0.1) is 40.2 Å². The number of fused-ring (bicyclic) bond motifs is 1. The molecule has 0 fully saturated rings. The first-order valence-electron chi connectivity index (χ1n) is 10.5. The van der Waals surface area contributed by atoms with Crippen molar-refractivity contribution in [1.29, 1.82) is 0 Å². The fourth-order valence-corrected chi connectivity index (χ4v) is 5.10. The molecule has 0 bridgehead atoms. The lowest BCUT2D eigenvalue weighted by molar-refractivity contribution is -0.119. The SMILES string of the molecule is CC(C)(C)c1nnc(-c2cc3c(cc2F)S(=O)(=O)C[C@H](N)C(=O)N3Cc2ccc(CN)nc2)o1. The number of nitrogens with zero attached hydrogens (tertiary/aromatic N) is 4. The summed E-state index contributed by atoms with van der Waals surface area (Å²) in [7, 11) is -4.06. The number of sulfone groups is 1. The van der Waals surface area contributed by atoms with E-state index in [9.17, 15) is 13.2 Å². The average Bonchev–Trinajstić information content (AvgIpc) is 3.25. The number of rotatable bonds is 4. The topological polar surface area (TPSA) is 158 Å². The third-order valence-corrected chi connectivity index (χ3v) is 7.18. The van der Waals surface area contributed by atoms with Gasteiger partial charge in [-0.3, -0.25) is 9.78 Å².